The maximum atomic E-state index is 11.6. The fraction of sp³-hybridized carbons (Fsp3) is 0.533. The Morgan fingerprint density at radius 3 is 2.75 bits per heavy atom. The van der Waals surface area contributed by atoms with Gasteiger partial charge in [0.15, 0.2) is 11.5 Å². The topological polar surface area (TPSA) is 48.0 Å². The number of rotatable bonds is 4. The van der Waals surface area contributed by atoms with Crippen molar-refractivity contribution in [2.24, 2.45) is 0 Å². The molecule has 0 aliphatic carbocycles. The number of carbonyl (C=O) groups is 1. The van der Waals surface area contributed by atoms with Crippen LogP contribution in [0.3, 0.4) is 0 Å². The number of piperidine rings is 1. The molecule has 0 N–H and O–H groups in total. The number of methoxy groups -OCH3 is 2. The third-order valence-electron chi connectivity index (χ3n) is 3.46. The molecule has 1 fully saturated rings. The summed E-state index contributed by atoms with van der Waals surface area (Å²) in [6.45, 7) is 1.98. The van der Waals surface area contributed by atoms with E-state index in [-0.39, 0.29) is 12.1 Å². The summed E-state index contributed by atoms with van der Waals surface area (Å²) >= 11 is 0. The molecule has 0 spiro atoms. The first kappa shape index (κ1) is 14.7. The first-order chi connectivity index (χ1) is 9.63. The normalized spacial score (nSPS) is 19.4. The van der Waals surface area contributed by atoms with Crippen LogP contribution in [0, 0.1) is 0 Å². The van der Waals surface area contributed by atoms with E-state index in [0.717, 1.165) is 25.9 Å². The number of hydrogen-bond acceptors (Lipinski definition) is 5. The standard InChI is InChI=1S/C15H21NO4/c1-16-8-4-5-12(10-16)20-14-9-11(15(17)19-3)6-7-13(14)18-2/h6-7,9,12H,4-5,8,10H2,1-3H3. The summed E-state index contributed by atoms with van der Waals surface area (Å²) in [7, 11) is 5.04. The van der Waals surface area contributed by atoms with Crippen LogP contribution >= 0.6 is 0 Å². The van der Waals surface area contributed by atoms with E-state index < -0.39 is 0 Å². The Morgan fingerprint density at radius 2 is 2.10 bits per heavy atom. The molecule has 1 aromatic carbocycles. The average Bonchev–Trinajstić information content (AvgIpc) is 2.46. The zero-order valence-electron chi connectivity index (χ0n) is 12.2. The SMILES string of the molecule is COC(=O)c1ccc(OC)c(OC2CCCN(C)C2)c1. The van der Waals surface area contributed by atoms with Gasteiger partial charge in [-0.2, -0.15) is 0 Å². The van der Waals surface area contributed by atoms with Gasteiger partial charge in [-0.1, -0.05) is 0 Å². The number of likely N-dealkylation sites (N-methyl/N-ethyl adjacent to an activating group) is 1. The van der Waals surface area contributed by atoms with Crippen LogP contribution < -0.4 is 9.47 Å². The van der Waals surface area contributed by atoms with Crippen LogP contribution in [0.4, 0.5) is 0 Å². The van der Waals surface area contributed by atoms with E-state index in [9.17, 15) is 4.79 Å². The lowest BCUT2D eigenvalue weighted by atomic mass is 10.1. The summed E-state index contributed by atoms with van der Waals surface area (Å²) in [5.41, 5.74) is 0.465. The van der Waals surface area contributed by atoms with Gasteiger partial charge in [0.25, 0.3) is 0 Å². The summed E-state index contributed by atoms with van der Waals surface area (Å²) in [5, 5.41) is 0. The van der Waals surface area contributed by atoms with Crippen molar-refractivity contribution in [2.45, 2.75) is 18.9 Å². The zero-order chi connectivity index (χ0) is 14.5. The maximum Gasteiger partial charge on any atom is 0.337 e. The van der Waals surface area contributed by atoms with Crippen LogP contribution in [0.1, 0.15) is 23.2 Å². The molecule has 1 saturated heterocycles. The Morgan fingerprint density at radius 1 is 1.30 bits per heavy atom. The highest BCUT2D eigenvalue weighted by Gasteiger charge is 2.21. The monoisotopic (exact) mass is 279 g/mol. The number of hydrogen-bond donors (Lipinski definition) is 0. The van der Waals surface area contributed by atoms with E-state index >= 15 is 0 Å². The third kappa shape index (κ3) is 3.42. The highest BCUT2D eigenvalue weighted by molar-refractivity contribution is 5.90. The molecule has 0 bridgehead atoms. The fourth-order valence-electron chi connectivity index (χ4n) is 2.41. The van der Waals surface area contributed by atoms with E-state index in [1.807, 2.05) is 0 Å². The highest BCUT2D eigenvalue weighted by Crippen LogP contribution is 2.30. The number of nitrogens with zero attached hydrogens (tertiary/aromatic N) is 1. The Balaban J connectivity index is 2.17. The van der Waals surface area contributed by atoms with Crippen LogP contribution in [0.25, 0.3) is 0 Å². The van der Waals surface area contributed by atoms with Gasteiger partial charge in [0.1, 0.15) is 6.10 Å². The number of benzene rings is 1. The smallest absolute Gasteiger partial charge is 0.337 e. The maximum absolute atomic E-state index is 11.6. The van der Waals surface area contributed by atoms with E-state index in [0.29, 0.717) is 17.1 Å². The van der Waals surface area contributed by atoms with E-state index in [1.165, 1.54) is 7.11 Å². The molecule has 1 aliphatic rings. The first-order valence-electron chi connectivity index (χ1n) is 6.75. The largest absolute Gasteiger partial charge is 0.493 e. The molecule has 1 atom stereocenters. The molecular formula is C15H21NO4. The van der Waals surface area contributed by atoms with Gasteiger partial charge in [-0.05, 0) is 44.6 Å². The lowest BCUT2D eigenvalue weighted by Gasteiger charge is -2.30. The van der Waals surface area contributed by atoms with Gasteiger partial charge in [-0.3, -0.25) is 0 Å². The second kappa shape index (κ2) is 6.61. The lowest BCUT2D eigenvalue weighted by Crippen LogP contribution is -2.38. The molecule has 1 aliphatic heterocycles. The van der Waals surface area contributed by atoms with E-state index in [4.69, 9.17) is 14.2 Å². The minimum Gasteiger partial charge on any atom is -0.493 e. The van der Waals surface area contributed by atoms with Gasteiger partial charge >= 0.3 is 5.97 Å². The van der Waals surface area contributed by atoms with Crippen molar-refractivity contribution in [3.63, 3.8) is 0 Å². The Hall–Kier alpha value is -1.75. The fourth-order valence-corrected chi connectivity index (χ4v) is 2.41. The van der Waals surface area contributed by atoms with Crippen molar-refractivity contribution in [3.05, 3.63) is 23.8 Å². The molecule has 1 heterocycles. The van der Waals surface area contributed by atoms with Gasteiger partial charge < -0.3 is 19.1 Å². The van der Waals surface area contributed by atoms with Crippen molar-refractivity contribution in [3.8, 4) is 11.5 Å². The quantitative estimate of drug-likeness (QED) is 0.788. The van der Waals surface area contributed by atoms with Gasteiger partial charge in [0.05, 0.1) is 19.8 Å². The first-order valence-corrected chi connectivity index (χ1v) is 6.75. The second-order valence-corrected chi connectivity index (χ2v) is 5.00. The number of esters is 1. The van der Waals surface area contributed by atoms with Gasteiger partial charge in [-0.25, -0.2) is 4.79 Å². The molecule has 5 heteroatoms. The average molecular weight is 279 g/mol. The molecule has 0 saturated carbocycles. The minimum absolute atomic E-state index is 0.121. The van der Waals surface area contributed by atoms with Crippen molar-refractivity contribution in [1.82, 2.24) is 4.90 Å². The summed E-state index contributed by atoms with van der Waals surface area (Å²) in [5.74, 6) is 0.847. The van der Waals surface area contributed by atoms with Gasteiger partial charge in [0.2, 0.25) is 0 Å². The van der Waals surface area contributed by atoms with Crippen LogP contribution in [0.5, 0.6) is 11.5 Å². The molecule has 1 aromatic rings. The van der Waals surface area contributed by atoms with Crippen LogP contribution in [-0.4, -0.2) is 51.3 Å². The molecule has 20 heavy (non-hydrogen) atoms. The van der Waals surface area contributed by atoms with Crippen LogP contribution in [-0.2, 0) is 4.74 Å². The van der Waals surface area contributed by atoms with Crippen molar-refractivity contribution >= 4 is 5.97 Å². The van der Waals surface area contributed by atoms with Crippen LogP contribution in [0.15, 0.2) is 18.2 Å². The molecular weight excluding hydrogens is 258 g/mol. The molecule has 0 amide bonds. The number of likely N-dealkylation sites (tertiary alicyclic amines) is 1. The molecule has 0 aromatic heterocycles. The molecule has 1 unspecified atom stereocenters. The van der Waals surface area contributed by atoms with Crippen molar-refractivity contribution in [1.29, 1.82) is 0 Å². The summed E-state index contributed by atoms with van der Waals surface area (Å²) in [4.78, 5) is 13.8. The second-order valence-electron chi connectivity index (χ2n) is 5.00. The summed E-state index contributed by atoms with van der Waals surface area (Å²) < 4.78 is 16.0. The van der Waals surface area contributed by atoms with Gasteiger partial charge in [-0.15, -0.1) is 0 Å². The van der Waals surface area contributed by atoms with Crippen molar-refractivity contribution in [2.75, 3.05) is 34.4 Å². The Labute approximate surface area is 119 Å². The zero-order valence-corrected chi connectivity index (χ0v) is 12.2. The molecule has 2 rings (SSSR count). The number of carbonyl (C=O) groups excluding carboxylic acids is 1. The third-order valence-corrected chi connectivity index (χ3v) is 3.46. The van der Waals surface area contributed by atoms with Crippen LogP contribution in [0.2, 0.25) is 0 Å². The lowest BCUT2D eigenvalue weighted by molar-refractivity contribution is 0.0598. The van der Waals surface area contributed by atoms with E-state index in [2.05, 4.69) is 11.9 Å². The molecule has 110 valence electrons. The Bertz CT molecular complexity index is 475. The van der Waals surface area contributed by atoms with Gasteiger partial charge in [0, 0.05) is 6.54 Å². The molecule has 5 nitrogen and oxygen atoms in total. The molecule has 0 radical (unpaired) electrons. The Kier molecular flexibility index (Phi) is 4.84. The highest BCUT2D eigenvalue weighted by atomic mass is 16.5. The van der Waals surface area contributed by atoms with E-state index in [1.54, 1.807) is 25.3 Å². The number of ether oxygens (including phenoxy) is 3. The predicted molar refractivity (Wildman–Crippen MR) is 75.5 cm³/mol. The van der Waals surface area contributed by atoms with Crippen molar-refractivity contribution < 1.29 is 19.0 Å². The minimum atomic E-state index is -0.377. The summed E-state index contributed by atoms with van der Waals surface area (Å²) in [6, 6.07) is 5.08. The predicted octanol–water partition coefficient (Wildman–Crippen LogP) is 1.95. The summed E-state index contributed by atoms with van der Waals surface area (Å²) in [6.07, 6.45) is 2.24.